The Morgan fingerprint density at radius 3 is 2.22 bits per heavy atom. The summed E-state index contributed by atoms with van der Waals surface area (Å²) in [5.41, 5.74) is 0.0144. The van der Waals surface area contributed by atoms with E-state index >= 15 is 0 Å². The summed E-state index contributed by atoms with van der Waals surface area (Å²) in [6, 6.07) is 6.64. The van der Waals surface area contributed by atoms with E-state index in [2.05, 4.69) is 0 Å². The van der Waals surface area contributed by atoms with Crippen LogP contribution in [0.1, 0.15) is 17.2 Å². The molecular weight excluding hydrogens is 265 g/mol. The zero-order valence-electron chi connectivity index (χ0n) is 9.00. The maximum Gasteiger partial charge on any atom is 0.159 e. The van der Waals surface area contributed by atoms with Gasteiger partial charge in [-0.3, -0.25) is 0 Å². The van der Waals surface area contributed by atoms with Crippen LogP contribution in [0.25, 0.3) is 0 Å². The van der Waals surface area contributed by atoms with Gasteiger partial charge in [0.1, 0.15) is 11.9 Å². The molecule has 5 heteroatoms. The quantitative estimate of drug-likeness (QED) is 0.881. The molecule has 0 aromatic heterocycles. The molecule has 1 nitrogen and oxygen atoms in total. The molecular formula is C13H8ClF3O. The second-order valence-corrected chi connectivity index (χ2v) is 4.18. The Hall–Kier alpha value is -1.52. The topological polar surface area (TPSA) is 20.2 Å². The number of hydrogen-bond acceptors (Lipinski definition) is 1. The fourth-order valence-corrected chi connectivity index (χ4v) is 1.74. The Morgan fingerprint density at radius 1 is 0.889 bits per heavy atom. The molecule has 2 rings (SSSR count). The van der Waals surface area contributed by atoms with Crippen molar-refractivity contribution in [2.45, 2.75) is 6.10 Å². The van der Waals surface area contributed by atoms with Gasteiger partial charge in [-0.15, -0.1) is 0 Å². The SMILES string of the molecule is OC(c1ccc(F)c(F)c1)c1ccc(Cl)cc1F. The van der Waals surface area contributed by atoms with Crippen LogP contribution in [-0.4, -0.2) is 5.11 Å². The first-order chi connectivity index (χ1) is 8.49. The van der Waals surface area contributed by atoms with E-state index in [1.54, 1.807) is 0 Å². The van der Waals surface area contributed by atoms with E-state index in [0.717, 1.165) is 18.2 Å². The van der Waals surface area contributed by atoms with Crippen molar-refractivity contribution < 1.29 is 18.3 Å². The molecule has 18 heavy (non-hydrogen) atoms. The minimum absolute atomic E-state index is 0.0505. The van der Waals surface area contributed by atoms with Gasteiger partial charge in [0.2, 0.25) is 0 Å². The lowest BCUT2D eigenvalue weighted by molar-refractivity contribution is 0.214. The van der Waals surface area contributed by atoms with E-state index < -0.39 is 23.6 Å². The maximum absolute atomic E-state index is 13.6. The summed E-state index contributed by atoms with van der Waals surface area (Å²) in [5.74, 6) is -2.83. The minimum Gasteiger partial charge on any atom is -0.384 e. The molecule has 2 aromatic rings. The van der Waals surface area contributed by atoms with E-state index in [-0.39, 0.29) is 16.1 Å². The predicted octanol–water partition coefficient (Wildman–Crippen LogP) is 3.84. The molecule has 0 fully saturated rings. The average Bonchev–Trinajstić information content (AvgIpc) is 2.32. The third-order valence-corrected chi connectivity index (χ3v) is 2.75. The first-order valence-electron chi connectivity index (χ1n) is 5.07. The van der Waals surface area contributed by atoms with Crippen molar-refractivity contribution >= 4 is 11.6 Å². The summed E-state index contributed by atoms with van der Waals surface area (Å²) >= 11 is 5.58. The predicted molar refractivity (Wildman–Crippen MR) is 61.8 cm³/mol. The van der Waals surface area contributed by atoms with Gasteiger partial charge in [0.15, 0.2) is 11.6 Å². The van der Waals surface area contributed by atoms with Crippen LogP contribution < -0.4 is 0 Å². The van der Waals surface area contributed by atoms with Crippen LogP contribution in [-0.2, 0) is 0 Å². The number of aliphatic hydroxyl groups excluding tert-OH is 1. The third kappa shape index (κ3) is 2.49. The molecule has 1 N–H and O–H groups in total. The van der Waals surface area contributed by atoms with Crippen molar-refractivity contribution in [2.24, 2.45) is 0 Å². The van der Waals surface area contributed by atoms with Gasteiger partial charge in [-0.05, 0) is 29.8 Å². The van der Waals surface area contributed by atoms with Crippen molar-refractivity contribution in [1.82, 2.24) is 0 Å². The highest BCUT2D eigenvalue weighted by Gasteiger charge is 2.16. The molecule has 0 spiro atoms. The molecule has 0 radical (unpaired) electrons. The van der Waals surface area contributed by atoms with Crippen molar-refractivity contribution in [1.29, 1.82) is 0 Å². The van der Waals surface area contributed by atoms with Gasteiger partial charge in [-0.1, -0.05) is 23.7 Å². The van der Waals surface area contributed by atoms with E-state index in [1.165, 1.54) is 18.2 Å². The van der Waals surface area contributed by atoms with Gasteiger partial charge >= 0.3 is 0 Å². The van der Waals surface area contributed by atoms with Crippen LogP contribution in [0.15, 0.2) is 36.4 Å². The summed E-state index contributed by atoms with van der Waals surface area (Å²) < 4.78 is 39.3. The summed E-state index contributed by atoms with van der Waals surface area (Å²) in [6.45, 7) is 0. The Kier molecular flexibility index (Phi) is 3.59. The molecule has 0 aliphatic carbocycles. The number of rotatable bonds is 2. The number of hydrogen-bond donors (Lipinski definition) is 1. The Balaban J connectivity index is 2.41. The van der Waals surface area contributed by atoms with Gasteiger partial charge in [-0.2, -0.15) is 0 Å². The minimum atomic E-state index is -1.38. The summed E-state index contributed by atoms with van der Waals surface area (Å²) in [6.07, 6.45) is -1.38. The highest BCUT2D eigenvalue weighted by molar-refractivity contribution is 6.30. The van der Waals surface area contributed by atoms with Crippen LogP contribution in [0.2, 0.25) is 5.02 Å². The summed E-state index contributed by atoms with van der Waals surface area (Å²) in [7, 11) is 0. The molecule has 0 amide bonds. The molecule has 1 unspecified atom stereocenters. The van der Waals surface area contributed by atoms with Gasteiger partial charge < -0.3 is 5.11 Å². The molecule has 2 aromatic carbocycles. The molecule has 94 valence electrons. The lowest BCUT2D eigenvalue weighted by atomic mass is 10.0. The zero-order chi connectivity index (χ0) is 13.3. The van der Waals surface area contributed by atoms with Crippen LogP contribution in [0.3, 0.4) is 0 Å². The van der Waals surface area contributed by atoms with Crippen LogP contribution >= 0.6 is 11.6 Å². The first-order valence-corrected chi connectivity index (χ1v) is 5.45. The van der Waals surface area contributed by atoms with Gasteiger partial charge in [0.25, 0.3) is 0 Å². The maximum atomic E-state index is 13.6. The second-order valence-electron chi connectivity index (χ2n) is 3.74. The van der Waals surface area contributed by atoms with Crippen molar-refractivity contribution in [3.63, 3.8) is 0 Å². The van der Waals surface area contributed by atoms with Crippen LogP contribution in [0, 0.1) is 17.5 Å². The van der Waals surface area contributed by atoms with E-state index in [4.69, 9.17) is 11.6 Å². The summed E-state index contributed by atoms with van der Waals surface area (Å²) in [5, 5.41) is 10.1. The van der Waals surface area contributed by atoms with E-state index in [9.17, 15) is 18.3 Å². The molecule has 0 heterocycles. The number of benzene rings is 2. The number of halogens is 4. The monoisotopic (exact) mass is 272 g/mol. The average molecular weight is 273 g/mol. The Labute approximate surface area is 106 Å². The van der Waals surface area contributed by atoms with Gasteiger partial charge in [-0.25, -0.2) is 13.2 Å². The lowest BCUT2D eigenvalue weighted by Gasteiger charge is -2.12. The van der Waals surface area contributed by atoms with Gasteiger partial charge in [0.05, 0.1) is 0 Å². The first kappa shape index (κ1) is 12.9. The molecule has 0 aliphatic heterocycles. The van der Waals surface area contributed by atoms with E-state index in [0.29, 0.717) is 0 Å². The van der Waals surface area contributed by atoms with Crippen molar-refractivity contribution in [3.05, 3.63) is 70.0 Å². The summed E-state index contributed by atoms with van der Waals surface area (Å²) in [4.78, 5) is 0. The smallest absolute Gasteiger partial charge is 0.159 e. The molecule has 0 saturated heterocycles. The van der Waals surface area contributed by atoms with Crippen molar-refractivity contribution in [2.75, 3.05) is 0 Å². The molecule has 0 saturated carbocycles. The second kappa shape index (κ2) is 5.00. The van der Waals surface area contributed by atoms with Crippen LogP contribution in [0.4, 0.5) is 13.2 Å². The third-order valence-electron chi connectivity index (χ3n) is 2.52. The van der Waals surface area contributed by atoms with Gasteiger partial charge in [0, 0.05) is 10.6 Å². The molecule has 0 bridgehead atoms. The molecule has 0 aliphatic rings. The highest BCUT2D eigenvalue weighted by atomic mass is 35.5. The standard InChI is InChI=1S/C13H8ClF3O/c14-8-2-3-9(11(16)6-8)13(18)7-1-4-10(15)12(17)5-7/h1-6,13,18H. The largest absolute Gasteiger partial charge is 0.384 e. The number of aliphatic hydroxyl groups is 1. The Morgan fingerprint density at radius 2 is 1.61 bits per heavy atom. The zero-order valence-corrected chi connectivity index (χ0v) is 9.76. The fourth-order valence-electron chi connectivity index (χ4n) is 1.59. The fraction of sp³-hybridized carbons (Fsp3) is 0.0769. The van der Waals surface area contributed by atoms with E-state index in [1.807, 2.05) is 0 Å². The normalized spacial score (nSPS) is 12.5. The lowest BCUT2D eigenvalue weighted by Crippen LogP contribution is -2.03. The highest BCUT2D eigenvalue weighted by Crippen LogP contribution is 2.27. The van der Waals surface area contributed by atoms with Crippen LogP contribution in [0.5, 0.6) is 0 Å². The Bertz CT molecular complexity index is 586. The molecule has 1 atom stereocenters. The van der Waals surface area contributed by atoms with Crippen molar-refractivity contribution in [3.8, 4) is 0 Å².